The molecule has 110 valence electrons. The average Bonchev–Trinajstić information content (AvgIpc) is 2.53. The van der Waals surface area contributed by atoms with Crippen LogP contribution < -0.4 is 4.74 Å². The maximum atomic E-state index is 12.7. The van der Waals surface area contributed by atoms with Crippen molar-refractivity contribution in [3.05, 3.63) is 58.3 Å². The summed E-state index contributed by atoms with van der Waals surface area (Å²) in [4.78, 5) is 18.7. The quantitative estimate of drug-likeness (QED) is 0.830. The summed E-state index contributed by atoms with van der Waals surface area (Å²) in [6, 6.07) is 11.1. The summed E-state index contributed by atoms with van der Waals surface area (Å²) in [6.07, 6.45) is 1.73. The Bertz CT molecular complexity index is 617. The summed E-state index contributed by atoms with van der Waals surface area (Å²) in [7, 11) is 1.59. The van der Waals surface area contributed by atoms with Gasteiger partial charge in [0.25, 0.3) is 5.91 Å². The van der Waals surface area contributed by atoms with Crippen molar-refractivity contribution in [1.82, 2.24) is 9.88 Å². The van der Waals surface area contributed by atoms with Crippen molar-refractivity contribution in [2.75, 3.05) is 13.7 Å². The van der Waals surface area contributed by atoms with Gasteiger partial charge in [0.05, 0.1) is 24.9 Å². The first-order valence-corrected chi connectivity index (χ1v) is 7.47. The van der Waals surface area contributed by atoms with Crippen LogP contribution in [0.2, 0.25) is 0 Å². The Kier molecular flexibility index (Phi) is 5.33. The molecule has 4 nitrogen and oxygen atoms in total. The van der Waals surface area contributed by atoms with E-state index in [1.807, 2.05) is 37.3 Å². The van der Waals surface area contributed by atoms with Crippen LogP contribution in [-0.2, 0) is 6.54 Å². The van der Waals surface area contributed by atoms with E-state index in [1.165, 1.54) is 0 Å². The van der Waals surface area contributed by atoms with Crippen molar-refractivity contribution in [2.45, 2.75) is 13.5 Å². The van der Waals surface area contributed by atoms with Crippen LogP contribution in [0.4, 0.5) is 0 Å². The molecule has 0 bridgehead atoms. The summed E-state index contributed by atoms with van der Waals surface area (Å²) < 4.78 is 5.94. The van der Waals surface area contributed by atoms with E-state index in [0.717, 1.165) is 10.2 Å². The van der Waals surface area contributed by atoms with Gasteiger partial charge in [0, 0.05) is 17.2 Å². The second-order valence-corrected chi connectivity index (χ2v) is 5.34. The summed E-state index contributed by atoms with van der Waals surface area (Å²) in [5.74, 6) is 0.615. The third kappa shape index (κ3) is 3.82. The maximum Gasteiger partial charge on any atom is 0.255 e. The van der Waals surface area contributed by atoms with Gasteiger partial charge >= 0.3 is 0 Å². The molecule has 0 N–H and O–H groups in total. The zero-order valence-corrected chi connectivity index (χ0v) is 13.6. The zero-order valence-electron chi connectivity index (χ0n) is 12.0. The highest BCUT2D eigenvalue weighted by Crippen LogP contribution is 2.24. The molecule has 0 radical (unpaired) electrons. The molecule has 0 atom stereocenters. The fraction of sp³-hybridized carbons (Fsp3) is 0.250. The molecule has 0 fully saturated rings. The first-order chi connectivity index (χ1) is 10.2. The number of benzene rings is 1. The van der Waals surface area contributed by atoms with Crippen LogP contribution in [0.15, 0.2) is 47.1 Å². The standard InChI is InChI=1S/C16H17BrN2O2/c1-3-19(11-12-6-4-5-9-18-12)16(20)14-10-13(21-2)7-8-15(14)17/h4-10H,3,11H2,1-2H3. The number of pyridine rings is 1. The molecule has 5 heteroatoms. The molecule has 0 saturated heterocycles. The van der Waals surface area contributed by atoms with E-state index in [0.29, 0.717) is 24.4 Å². The lowest BCUT2D eigenvalue weighted by Gasteiger charge is -2.21. The number of methoxy groups -OCH3 is 1. The Labute approximate surface area is 132 Å². The van der Waals surface area contributed by atoms with Gasteiger partial charge in [-0.25, -0.2) is 0 Å². The number of ether oxygens (including phenoxy) is 1. The largest absolute Gasteiger partial charge is 0.497 e. The van der Waals surface area contributed by atoms with E-state index in [-0.39, 0.29) is 5.91 Å². The SMILES string of the molecule is CCN(Cc1ccccn1)C(=O)c1cc(OC)ccc1Br. The van der Waals surface area contributed by atoms with Gasteiger partial charge in [0.1, 0.15) is 5.75 Å². The van der Waals surface area contributed by atoms with Crippen LogP contribution >= 0.6 is 15.9 Å². The van der Waals surface area contributed by atoms with Gasteiger partial charge in [0.2, 0.25) is 0 Å². The first-order valence-electron chi connectivity index (χ1n) is 6.68. The molecule has 1 amide bonds. The third-order valence-electron chi connectivity index (χ3n) is 3.15. The predicted molar refractivity (Wildman–Crippen MR) is 85.3 cm³/mol. The second-order valence-electron chi connectivity index (χ2n) is 4.49. The Morgan fingerprint density at radius 1 is 1.33 bits per heavy atom. The molecule has 0 aliphatic heterocycles. The molecular formula is C16H17BrN2O2. The highest BCUT2D eigenvalue weighted by atomic mass is 79.9. The molecule has 0 spiro atoms. The number of rotatable bonds is 5. The van der Waals surface area contributed by atoms with Crippen molar-refractivity contribution in [3.8, 4) is 5.75 Å². The van der Waals surface area contributed by atoms with Crippen LogP contribution in [0.25, 0.3) is 0 Å². The van der Waals surface area contributed by atoms with E-state index < -0.39 is 0 Å². The lowest BCUT2D eigenvalue weighted by Crippen LogP contribution is -2.30. The highest BCUT2D eigenvalue weighted by molar-refractivity contribution is 9.10. The van der Waals surface area contributed by atoms with Crippen molar-refractivity contribution in [3.63, 3.8) is 0 Å². The van der Waals surface area contributed by atoms with Crippen LogP contribution in [0.1, 0.15) is 23.0 Å². The normalized spacial score (nSPS) is 10.2. The van der Waals surface area contributed by atoms with Gasteiger partial charge in [-0.05, 0) is 53.2 Å². The molecule has 1 aromatic heterocycles. The molecule has 1 aromatic carbocycles. The molecule has 21 heavy (non-hydrogen) atoms. The van der Waals surface area contributed by atoms with Crippen LogP contribution in [0.3, 0.4) is 0 Å². The Morgan fingerprint density at radius 3 is 2.76 bits per heavy atom. The van der Waals surface area contributed by atoms with Gasteiger partial charge in [-0.2, -0.15) is 0 Å². The minimum Gasteiger partial charge on any atom is -0.497 e. The van der Waals surface area contributed by atoms with E-state index in [1.54, 1.807) is 24.3 Å². The van der Waals surface area contributed by atoms with Gasteiger partial charge in [0.15, 0.2) is 0 Å². The predicted octanol–water partition coefficient (Wildman–Crippen LogP) is 3.52. The first kappa shape index (κ1) is 15.5. The molecule has 2 aromatic rings. The van der Waals surface area contributed by atoms with E-state index in [2.05, 4.69) is 20.9 Å². The van der Waals surface area contributed by atoms with E-state index in [4.69, 9.17) is 4.74 Å². The van der Waals surface area contributed by atoms with Crippen LogP contribution in [0, 0.1) is 0 Å². The Hall–Kier alpha value is -1.88. The molecule has 0 unspecified atom stereocenters. The summed E-state index contributed by atoms with van der Waals surface area (Å²) in [6.45, 7) is 3.05. The zero-order chi connectivity index (χ0) is 15.2. The number of halogens is 1. The number of hydrogen-bond donors (Lipinski definition) is 0. The fourth-order valence-electron chi connectivity index (χ4n) is 1.98. The monoisotopic (exact) mass is 348 g/mol. The lowest BCUT2D eigenvalue weighted by molar-refractivity contribution is 0.0749. The summed E-state index contributed by atoms with van der Waals surface area (Å²) in [5, 5.41) is 0. The lowest BCUT2D eigenvalue weighted by atomic mass is 10.1. The van der Waals surface area contributed by atoms with Crippen molar-refractivity contribution in [2.24, 2.45) is 0 Å². The van der Waals surface area contributed by atoms with Gasteiger partial charge in [-0.15, -0.1) is 0 Å². The minimum atomic E-state index is -0.0473. The summed E-state index contributed by atoms with van der Waals surface area (Å²) in [5.41, 5.74) is 1.46. The van der Waals surface area contributed by atoms with Crippen molar-refractivity contribution >= 4 is 21.8 Å². The maximum absolute atomic E-state index is 12.7. The molecular weight excluding hydrogens is 332 g/mol. The van der Waals surface area contributed by atoms with Gasteiger partial charge < -0.3 is 9.64 Å². The molecule has 0 saturated carbocycles. The summed E-state index contributed by atoms with van der Waals surface area (Å²) >= 11 is 3.42. The highest BCUT2D eigenvalue weighted by Gasteiger charge is 2.18. The minimum absolute atomic E-state index is 0.0473. The number of carbonyl (C=O) groups is 1. The van der Waals surface area contributed by atoms with E-state index >= 15 is 0 Å². The number of hydrogen-bond acceptors (Lipinski definition) is 3. The van der Waals surface area contributed by atoms with Gasteiger partial charge in [-0.3, -0.25) is 9.78 Å². The Balaban J connectivity index is 2.24. The number of nitrogens with zero attached hydrogens (tertiary/aromatic N) is 2. The number of amides is 1. The average molecular weight is 349 g/mol. The van der Waals surface area contributed by atoms with Gasteiger partial charge in [-0.1, -0.05) is 6.07 Å². The third-order valence-corrected chi connectivity index (χ3v) is 3.84. The molecule has 2 rings (SSSR count). The fourth-order valence-corrected chi connectivity index (χ4v) is 2.40. The second kappa shape index (κ2) is 7.22. The van der Waals surface area contributed by atoms with Crippen LogP contribution in [0.5, 0.6) is 5.75 Å². The Morgan fingerprint density at radius 2 is 2.14 bits per heavy atom. The number of aromatic nitrogens is 1. The van der Waals surface area contributed by atoms with E-state index in [9.17, 15) is 4.79 Å². The smallest absolute Gasteiger partial charge is 0.255 e. The number of carbonyl (C=O) groups excluding carboxylic acids is 1. The van der Waals surface area contributed by atoms with Crippen molar-refractivity contribution < 1.29 is 9.53 Å². The van der Waals surface area contributed by atoms with Crippen molar-refractivity contribution in [1.29, 1.82) is 0 Å². The molecule has 1 heterocycles. The molecule has 0 aliphatic carbocycles. The van der Waals surface area contributed by atoms with Crippen LogP contribution in [-0.4, -0.2) is 29.4 Å². The molecule has 0 aliphatic rings. The topological polar surface area (TPSA) is 42.4 Å².